The van der Waals surface area contributed by atoms with Gasteiger partial charge in [0.2, 0.25) is 0 Å². The number of carbonyl (C=O) groups excluding carboxylic acids is 2. The lowest BCUT2D eigenvalue weighted by Crippen LogP contribution is -2.28. The molecule has 2 heterocycles. The molecule has 7 heteroatoms. The van der Waals surface area contributed by atoms with Crippen LogP contribution in [0.3, 0.4) is 0 Å². The molecule has 1 N–H and O–H groups in total. The molecular formula is C33H36N2O4S. The Bertz CT molecular complexity index is 1550. The van der Waals surface area contributed by atoms with E-state index < -0.39 is 5.97 Å². The van der Waals surface area contributed by atoms with Crippen molar-refractivity contribution in [2.24, 2.45) is 11.3 Å². The summed E-state index contributed by atoms with van der Waals surface area (Å²) in [5.74, 6) is 0.626. The zero-order chi connectivity index (χ0) is 28.4. The van der Waals surface area contributed by atoms with Crippen molar-refractivity contribution in [1.29, 1.82) is 0 Å². The van der Waals surface area contributed by atoms with E-state index in [1.165, 1.54) is 23.3 Å². The van der Waals surface area contributed by atoms with Gasteiger partial charge in [-0.2, -0.15) is 0 Å². The van der Waals surface area contributed by atoms with E-state index in [0.717, 1.165) is 53.5 Å². The second kappa shape index (κ2) is 11.4. The average molecular weight is 557 g/mol. The molecule has 1 atom stereocenters. The maximum absolute atomic E-state index is 13.9. The van der Waals surface area contributed by atoms with Crippen molar-refractivity contribution in [2.75, 3.05) is 19.0 Å². The van der Waals surface area contributed by atoms with Gasteiger partial charge in [-0.25, -0.2) is 9.78 Å². The van der Waals surface area contributed by atoms with E-state index in [0.29, 0.717) is 34.3 Å². The van der Waals surface area contributed by atoms with Gasteiger partial charge >= 0.3 is 5.97 Å². The van der Waals surface area contributed by atoms with Crippen molar-refractivity contribution in [3.8, 4) is 17.0 Å². The first-order valence-corrected chi connectivity index (χ1v) is 14.7. The Kier molecular flexibility index (Phi) is 7.95. The van der Waals surface area contributed by atoms with Crippen LogP contribution in [-0.2, 0) is 17.6 Å². The van der Waals surface area contributed by atoms with Crippen molar-refractivity contribution < 1.29 is 19.1 Å². The van der Waals surface area contributed by atoms with E-state index in [9.17, 15) is 9.59 Å². The highest BCUT2D eigenvalue weighted by molar-refractivity contribution is 7.17. The number of aromatic nitrogens is 1. The third kappa shape index (κ3) is 5.35. The van der Waals surface area contributed by atoms with Crippen LogP contribution in [0.5, 0.6) is 5.75 Å². The molecule has 0 aliphatic heterocycles. The van der Waals surface area contributed by atoms with E-state index in [1.54, 1.807) is 0 Å². The highest BCUT2D eigenvalue weighted by Gasteiger charge is 2.35. The van der Waals surface area contributed by atoms with Crippen molar-refractivity contribution in [2.45, 2.75) is 53.4 Å². The minimum atomic E-state index is -0.407. The van der Waals surface area contributed by atoms with E-state index in [2.05, 4.69) is 26.1 Å². The van der Waals surface area contributed by atoms with Gasteiger partial charge in [0.05, 0.1) is 36.1 Å². The molecule has 6 nitrogen and oxygen atoms in total. The second-order valence-corrected chi connectivity index (χ2v) is 12.1. The van der Waals surface area contributed by atoms with Crippen LogP contribution in [0, 0.1) is 11.3 Å². The van der Waals surface area contributed by atoms with Crippen molar-refractivity contribution in [1.82, 2.24) is 4.98 Å². The Labute approximate surface area is 239 Å². The van der Waals surface area contributed by atoms with Crippen molar-refractivity contribution in [3.63, 3.8) is 0 Å². The van der Waals surface area contributed by atoms with E-state index >= 15 is 0 Å². The number of carbonyl (C=O) groups is 2. The van der Waals surface area contributed by atoms with Crippen LogP contribution in [0.2, 0.25) is 0 Å². The lowest BCUT2D eigenvalue weighted by atomic mass is 9.69. The van der Waals surface area contributed by atoms with Gasteiger partial charge in [-0.3, -0.25) is 4.79 Å². The molecule has 208 valence electrons. The Morgan fingerprint density at radius 1 is 1.10 bits per heavy atom. The van der Waals surface area contributed by atoms with E-state index in [1.807, 2.05) is 61.5 Å². The van der Waals surface area contributed by atoms with Gasteiger partial charge in [-0.1, -0.05) is 45.4 Å². The standard InChI is InChI=1S/C33H36N2O4S/c1-6-33(3,4)21-14-17-24-28(18-21)40-31(29(24)32(37)38-5)35-30(36)25-19-27(34-26-11-9-8-10-23(25)26)20-12-15-22(16-13-20)39-7-2/h8-13,15-16,19,21H,6-7,14,17-18H2,1-5H3,(H,35,36). The predicted molar refractivity (Wildman–Crippen MR) is 162 cm³/mol. The van der Waals surface area contributed by atoms with Crippen LogP contribution in [0.4, 0.5) is 5.00 Å². The van der Waals surface area contributed by atoms with Gasteiger partial charge in [0, 0.05) is 15.8 Å². The minimum absolute atomic E-state index is 0.212. The maximum Gasteiger partial charge on any atom is 0.341 e. The molecule has 4 aromatic rings. The molecule has 2 aromatic heterocycles. The fourth-order valence-electron chi connectivity index (χ4n) is 5.52. The van der Waals surface area contributed by atoms with E-state index in [-0.39, 0.29) is 11.3 Å². The molecule has 2 aromatic carbocycles. The highest BCUT2D eigenvalue weighted by Crippen LogP contribution is 2.46. The molecular weight excluding hydrogens is 520 g/mol. The van der Waals surface area contributed by atoms with Gasteiger partial charge in [0.1, 0.15) is 10.8 Å². The smallest absolute Gasteiger partial charge is 0.341 e. The number of amides is 1. The number of rotatable bonds is 8. The van der Waals surface area contributed by atoms with Gasteiger partial charge in [0.25, 0.3) is 5.91 Å². The van der Waals surface area contributed by atoms with Crippen LogP contribution in [0.25, 0.3) is 22.2 Å². The Morgan fingerprint density at radius 2 is 1.85 bits per heavy atom. The molecule has 0 saturated heterocycles. The molecule has 1 aliphatic rings. The minimum Gasteiger partial charge on any atom is -0.494 e. The van der Waals surface area contributed by atoms with E-state index in [4.69, 9.17) is 14.5 Å². The predicted octanol–water partition coefficient (Wildman–Crippen LogP) is 7.94. The summed E-state index contributed by atoms with van der Waals surface area (Å²) in [6.07, 6.45) is 3.82. The second-order valence-electron chi connectivity index (χ2n) is 11.0. The number of fused-ring (bicyclic) bond motifs is 2. The Hall–Kier alpha value is -3.71. The molecule has 40 heavy (non-hydrogen) atoms. The zero-order valence-electron chi connectivity index (χ0n) is 23.8. The lowest BCUT2D eigenvalue weighted by molar-refractivity contribution is 0.0600. The number of thiophene rings is 1. The third-order valence-electron chi connectivity index (χ3n) is 8.32. The van der Waals surface area contributed by atoms with Crippen LogP contribution in [0.1, 0.15) is 71.7 Å². The maximum atomic E-state index is 13.9. The zero-order valence-corrected chi connectivity index (χ0v) is 24.6. The summed E-state index contributed by atoms with van der Waals surface area (Å²) in [4.78, 5) is 32.9. The van der Waals surface area contributed by atoms with Crippen LogP contribution in [0.15, 0.2) is 54.6 Å². The van der Waals surface area contributed by atoms with Gasteiger partial charge in [-0.05, 0) is 79.5 Å². The van der Waals surface area contributed by atoms with Crippen molar-refractivity contribution >= 4 is 39.1 Å². The summed E-state index contributed by atoms with van der Waals surface area (Å²) in [5, 5.41) is 4.40. The summed E-state index contributed by atoms with van der Waals surface area (Å²) in [6.45, 7) is 9.40. The third-order valence-corrected chi connectivity index (χ3v) is 9.49. The number of ether oxygens (including phenoxy) is 2. The quantitative estimate of drug-likeness (QED) is 0.223. The summed E-state index contributed by atoms with van der Waals surface area (Å²) in [5.41, 5.74) is 4.52. The van der Waals surface area contributed by atoms with Crippen LogP contribution < -0.4 is 10.1 Å². The number of benzene rings is 2. The molecule has 0 fully saturated rings. The normalized spacial score (nSPS) is 15.0. The summed E-state index contributed by atoms with van der Waals surface area (Å²) in [7, 11) is 1.39. The summed E-state index contributed by atoms with van der Waals surface area (Å²) >= 11 is 1.51. The summed E-state index contributed by atoms with van der Waals surface area (Å²) < 4.78 is 10.8. The van der Waals surface area contributed by atoms with Gasteiger partial charge < -0.3 is 14.8 Å². The van der Waals surface area contributed by atoms with Crippen LogP contribution >= 0.6 is 11.3 Å². The van der Waals surface area contributed by atoms with Crippen molar-refractivity contribution in [3.05, 3.63) is 76.2 Å². The molecule has 0 spiro atoms. The lowest BCUT2D eigenvalue weighted by Gasteiger charge is -2.36. The molecule has 5 rings (SSSR count). The average Bonchev–Trinajstić information content (AvgIpc) is 3.33. The topological polar surface area (TPSA) is 77.5 Å². The monoisotopic (exact) mass is 556 g/mol. The number of nitrogens with one attached hydrogen (secondary N) is 1. The fourth-order valence-corrected chi connectivity index (χ4v) is 6.83. The Balaban J connectivity index is 1.52. The SMILES string of the molecule is CCOc1ccc(-c2cc(C(=O)Nc3sc4c(c3C(=O)OC)CCC(C(C)(C)CC)C4)c3ccccc3n2)cc1. The number of para-hydroxylation sites is 1. The molecule has 0 saturated carbocycles. The number of pyridine rings is 1. The summed E-state index contributed by atoms with van der Waals surface area (Å²) in [6, 6.07) is 17.1. The number of anilines is 1. The van der Waals surface area contributed by atoms with Crippen LogP contribution in [-0.4, -0.2) is 30.6 Å². The number of methoxy groups -OCH3 is 1. The number of nitrogens with zero attached hydrogens (tertiary/aromatic N) is 1. The highest BCUT2D eigenvalue weighted by atomic mass is 32.1. The molecule has 1 aliphatic carbocycles. The molecule has 1 amide bonds. The first-order valence-electron chi connectivity index (χ1n) is 13.9. The Morgan fingerprint density at radius 3 is 2.55 bits per heavy atom. The van der Waals surface area contributed by atoms with Gasteiger partial charge in [0.15, 0.2) is 0 Å². The number of esters is 1. The first kappa shape index (κ1) is 27.8. The first-order chi connectivity index (χ1) is 19.2. The fraction of sp³-hybridized carbons (Fsp3) is 0.364. The largest absolute Gasteiger partial charge is 0.494 e. The van der Waals surface area contributed by atoms with Gasteiger partial charge in [-0.15, -0.1) is 11.3 Å². The number of hydrogen-bond donors (Lipinski definition) is 1. The molecule has 0 bridgehead atoms. The molecule has 1 unspecified atom stereocenters. The molecule has 0 radical (unpaired) electrons. The number of hydrogen-bond acceptors (Lipinski definition) is 6.